The van der Waals surface area contributed by atoms with Gasteiger partial charge in [0.2, 0.25) is 15.9 Å². The fourth-order valence-electron chi connectivity index (χ4n) is 3.06. The van der Waals surface area contributed by atoms with Crippen LogP contribution in [0.15, 0.2) is 35.5 Å². The van der Waals surface area contributed by atoms with Crippen molar-refractivity contribution in [2.75, 3.05) is 13.1 Å². The van der Waals surface area contributed by atoms with Gasteiger partial charge in [-0.25, -0.2) is 13.2 Å². The minimum atomic E-state index is -5.08. The van der Waals surface area contributed by atoms with E-state index in [4.69, 9.17) is 9.90 Å². The molecule has 3 N–H and O–H groups in total. The molecule has 2 heterocycles. The maximum absolute atomic E-state index is 13.1. The lowest BCUT2D eigenvalue weighted by Crippen LogP contribution is -2.42. The average molecular weight is 477 g/mol. The number of aryl methyl sites for hydroxylation is 1. The van der Waals surface area contributed by atoms with Gasteiger partial charge in [-0.2, -0.15) is 17.5 Å². The zero-order valence-electron chi connectivity index (χ0n) is 17.1. The number of carboxylic acid groups (broad SMARTS) is 1. The number of aromatic nitrogens is 1. The highest BCUT2D eigenvalue weighted by Crippen LogP contribution is 2.28. The number of aliphatic hydroxyl groups is 1. The van der Waals surface area contributed by atoms with Crippen molar-refractivity contribution in [3.63, 3.8) is 0 Å². The number of halogens is 3. The number of sulfonamides is 1. The van der Waals surface area contributed by atoms with Gasteiger partial charge in [-0.3, -0.25) is 9.78 Å². The molecule has 32 heavy (non-hydrogen) atoms. The smallest absolute Gasteiger partial charge is 0.475 e. The van der Waals surface area contributed by atoms with E-state index in [1.807, 2.05) is 13.0 Å². The van der Waals surface area contributed by atoms with Crippen molar-refractivity contribution in [1.82, 2.24) is 14.6 Å². The number of rotatable bonds is 4. The van der Waals surface area contributed by atoms with Crippen molar-refractivity contribution in [1.29, 1.82) is 0 Å². The number of hydrogen-bond donors (Lipinski definition) is 3. The van der Waals surface area contributed by atoms with E-state index in [1.54, 1.807) is 24.5 Å². The molecule has 13 heteroatoms. The molecule has 0 unspecified atom stereocenters. The van der Waals surface area contributed by atoms with Crippen LogP contribution >= 0.6 is 0 Å². The van der Waals surface area contributed by atoms with E-state index < -0.39 is 34.2 Å². The summed E-state index contributed by atoms with van der Waals surface area (Å²) in [5.74, 6) is -3.25. The van der Waals surface area contributed by atoms with Crippen molar-refractivity contribution >= 4 is 32.7 Å². The molecule has 2 atom stereocenters. The molecule has 1 saturated heterocycles. The number of carbonyl (C=O) groups excluding carboxylic acids is 1. The summed E-state index contributed by atoms with van der Waals surface area (Å²) in [5, 5.41) is 20.5. The molecule has 176 valence electrons. The molecule has 1 amide bonds. The molecule has 1 aliphatic rings. The summed E-state index contributed by atoms with van der Waals surface area (Å²) in [4.78, 5) is 24.8. The minimum absolute atomic E-state index is 0.191. The number of carboxylic acids is 1. The van der Waals surface area contributed by atoms with Crippen molar-refractivity contribution in [2.45, 2.75) is 43.5 Å². The molecular formula is C19H22F3N3O6S. The number of amides is 1. The molecular weight excluding hydrogens is 455 g/mol. The number of fused-ring (bicyclic) bond motifs is 1. The fraction of sp³-hybridized carbons (Fsp3) is 0.421. The van der Waals surface area contributed by atoms with Gasteiger partial charge in [-0.05, 0) is 37.3 Å². The van der Waals surface area contributed by atoms with Gasteiger partial charge in [-0.1, -0.05) is 12.1 Å². The Morgan fingerprint density at radius 3 is 2.44 bits per heavy atom. The van der Waals surface area contributed by atoms with Crippen LogP contribution in [0.2, 0.25) is 0 Å². The number of alkyl halides is 3. The number of pyridine rings is 1. The molecule has 1 aliphatic heterocycles. The number of benzene rings is 1. The first-order valence-corrected chi connectivity index (χ1v) is 10.8. The van der Waals surface area contributed by atoms with E-state index in [9.17, 15) is 31.5 Å². The van der Waals surface area contributed by atoms with Gasteiger partial charge in [0.25, 0.3) is 0 Å². The highest BCUT2D eigenvalue weighted by atomic mass is 32.2. The van der Waals surface area contributed by atoms with Crippen LogP contribution in [0.3, 0.4) is 0 Å². The molecule has 2 aromatic rings. The van der Waals surface area contributed by atoms with E-state index in [-0.39, 0.29) is 17.5 Å². The van der Waals surface area contributed by atoms with Gasteiger partial charge in [-0.15, -0.1) is 0 Å². The molecule has 0 radical (unpaired) electrons. The lowest BCUT2D eigenvalue weighted by molar-refractivity contribution is -0.192. The maximum Gasteiger partial charge on any atom is 0.490 e. The van der Waals surface area contributed by atoms with Gasteiger partial charge >= 0.3 is 12.1 Å². The van der Waals surface area contributed by atoms with Gasteiger partial charge in [0.05, 0.1) is 4.90 Å². The van der Waals surface area contributed by atoms with Crippen LogP contribution in [0, 0.1) is 6.92 Å². The van der Waals surface area contributed by atoms with E-state index >= 15 is 0 Å². The Morgan fingerprint density at radius 2 is 1.88 bits per heavy atom. The standard InChI is InChI=1S/C17H21N3O4S.C2HF3O2/c1-11-8-18-9-15-14(11)4-3-5-16(15)25(23,24)20-7-6-13(10-20)19-17(22)12(2)21;3-2(4,5)1(6)7/h3-5,8-9,12-13,21H,6-7,10H2,1-2H3,(H,19,22);(H,6,7)/t12-,13-;/m1./s1. The molecule has 1 aromatic heterocycles. The van der Waals surface area contributed by atoms with Crippen LogP contribution in [-0.2, 0) is 19.6 Å². The quantitative estimate of drug-likeness (QED) is 0.606. The van der Waals surface area contributed by atoms with E-state index in [0.29, 0.717) is 18.4 Å². The summed E-state index contributed by atoms with van der Waals surface area (Å²) >= 11 is 0. The van der Waals surface area contributed by atoms with Gasteiger partial charge in [0.1, 0.15) is 6.10 Å². The fourth-order valence-corrected chi connectivity index (χ4v) is 4.76. The van der Waals surface area contributed by atoms with Crippen molar-refractivity contribution in [2.24, 2.45) is 0 Å². The molecule has 3 rings (SSSR count). The predicted molar refractivity (Wildman–Crippen MR) is 107 cm³/mol. The van der Waals surface area contributed by atoms with Crippen LogP contribution < -0.4 is 5.32 Å². The second-order valence-corrected chi connectivity index (χ2v) is 9.05. The van der Waals surface area contributed by atoms with Crippen LogP contribution in [0.5, 0.6) is 0 Å². The maximum atomic E-state index is 13.1. The van der Waals surface area contributed by atoms with Crippen LogP contribution in [0.1, 0.15) is 18.9 Å². The Balaban J connectivity index is 0.000000451. The highest BCUT2D eigenvalue weighted by molar-refractivity contribution is 7.89. The zero-order valence-corrected chi connectivity index (χ0v) is 17.9. The molecule has 0 saturated carbocycles. The summed E-state index contributed by atoms with van der Waals surface area (Å²) < 4.78 is 59.2. The van der Waals surface area contributed by atoms with Crippen molar-refractivity contribution in [3.8, 4) is 0 Å². The van der Waals surface area contributed by atoms with E-state index in [0.717, 1.165) is 10.9 Å². The highest BCUT2D eigenvalue weighted by Gasteiger charge is 2.38. The number of nitrogens with one attached hydrogen (secondary N) is 1. The molecule has 9 nitrogen and oxygen atoms in total. The van der Waals surface area contributed by atoms with E-state index in [1.165, 1.54) is 11.2 Å². The van der Waals surface area contributed by atoms with Crippen molar-refractivity contribution in [3.05, 3.63) is 36.2 Å². The Kier molecular flexibility index (Phi) is 7.80. The predicted octanol–water partition coefficient (Wildman–Crippen LogP) is 1.44. The Hall–Kier alpha value is -2.77. The summed E-state index contributed by atoms with van der Waals surface area (Å²) in [7, 11) is -3.69. The lowest BCUT2D eigenvalue weighted by atomic mass is 10.1. The minimum Gasteiger partial charge on any atom is -0.475 e. The normalized spacial score (nSPS) is 18.0. The van der Waals surface area contributed by atoms with Crippen LogP contribution in [0.4, 0.5) is 13.2 Å². The number of carbonyl (C=O) groups is 2. The van der Waals surface area contributed by atoms with E-state index in [2.05, 4.69) is 10.3 Å². The lowest BCUT2D eigenvalue weighted by Gasteiger charge is -2.19. The van der Waals surface area contributed by atoms with Gasteiger partial charge in [0.15, 0.2) is 0 Å². The number of nitrogens with zero attached hydrogens (tertiary/aromatic N) is 2. The first-order valence-electron chi connectivity index (χ1n) is 9.37. The average Bonchev–Trinajstić information content (AvgIpc) is 3.17. The first-order chi connectivity index (χ1) is 14.7. The summed E-state index contributed by atoms with van der Waals surface area (Å²) in [6, 6.07) is 4.89. The Bertz CT molecular complexity index is 1110. The number of aliphatic carboxylic acids is 1. The Morgan fingerprint density at radius 1 is 1.25 bits per heavy atom. The summed E-state index contributed by atoms with van der Waals surface area (Å²) in [6.07, 6.45) is -2.41. The Labute approximate surface area is 181 Å². The van der Waals surface area contributed by atoms with Crippen LogP contribution in [0.25, 0.3) is 10.8 Å². The summed E-state index contributed by atoms with van der Waals surface area (Å²) in [6.45, 7) is 3.78. The third kappa shape index (κ3) is 5.93. The van der Waals surface area contributed by atoms with Gasteiger partial charge < -0.3 is 15.5 Å². The molecule has 0 spiro atoms. The number of hydrogen-bond acceptors (Lipinski definition) is 6. The topological polar surface area (TPSA) is 137 Å². The summed E-state index contributed by atoms with van der Waals surface area (Å²) in [5.41, 5.74) is 0.915. The van der Waals surface area contributed by atoms with Crippen molar-refractivity contribution < 1.29 is 41.4 Å². The third-order valence-electron chi connectivity index (χ3n) is 4.70. The van der Waals surface area contributed by atoms with Gasteiger partial charge in [0, 0.05) is 36.9 Å². The second-order valence-electron chi connectivity index (χ2n) is 7.14. The molecule has 0 aliphatic carbocycles. The largest absolute Gasteiger partial charge is 0.490 e. The van der Waals surface area contributed by atoms with Crippen LogP contribution in [-0.4, -0.2) is 71.2 Å². The third-order valence-corrected chi connectivity index (χ3v) is 6.62. The number of aliphatic hydroxyl groups excluding tert-OH is 1. The monoisotopic (exact) mass is 477 g/mol. The first kappa shape index (κ1) is 25.5. The second kappa shape index (κ2) is 9.79. The molecule has 0 bridgehead atoms. The SMILES string of the molecule is Cc1cncc2c(S(=O)(=O)N3CC[C@@H](NC(=O)[C@@H](C)O)C3)cccc12.O=C(O)C(F)(F)F. The molecule has 1 fully saturated rings. The zero-order chi connectivity index (χ0) is 24.3. The molecule has 1 aromatic carbocycles.